The lowest BCUT2D eigenvalue weighted by Crippen LogP contribution is -1.92. The van der Waals surface area contributed by atoms with Crippen molar-refractivity contribution in [2.75, 3.05) is 11.1 Å². The monoisotopic (exact) mass is 291 g/mol. The summed E-state index contributed by atoms with van der Waals surface area (Å²) in [6.45, 7) is 0. The van der Waals surface area contributed by atoms with E-state index in [0.29, 0.717) is 10.7 Å². The number of benzene rings is 1. The Morgan fingerprint density at radius 3 is 2.95 bits per heavy atom. The van der Waals surface area contributed by atoms with E-state index >= 15 is 0 Å². The van der Waals surface area contributed by atoms with Gasteiger partial charge in [0.2, 0.25) is 0 Å². The van der Waals surface area contributed by atoms with Gasteiger partial charge in [-0.1, -0.05) is 11.6 Å². The van der Waals surface area contributed by atoms with Crippen molar-refractivity contribution in [1.82, 2.24) is 4.98 Å². The fourth-order valence-electron chi connectivity index (χ4n) is 1.62. The smallest absolute Gasteiger partial charge is 0.187 e. The van der Waals surface area contributed by atoms with Gasteiger partial charge in [-0.05, 0) is 30.3 Å². The summed E-state index contributed by atoms with van der Waals surface area (Å²) in [5, 5.41) is 6.40. The predicted molar refractivity (Wildman–Crippen MR) is 79.0 cm³/mol. The predicted octanol–water partition coefficient (Wildman–Crippen LogP) is 4.38. The molecule has 19 heavy (non-hydrogen) atoms. The number of anilines is 3. The second-order valence-electron chi connectivity index (χ2n) is 3.88. The minimum absolute atomic E-state index is 0.565. The summed E-state index contributed by atoms with van der Waals surface area (Å²) in [6, 6.07) is 9.01. The van der Waals surface area contributed by atoms with Gasteiger partial charge in [0, 0.05) is 11.1 Å². The van der Waals surface area contributed by atoms with Gasteiger partial charge in [-0.3, -0.25) is 0 Å². The Morgan fingerprint density at radius 2 is 2.21 bits per heavy atom. The molecule has 0 aliphatic rings. The fraction of sp³-hybridized carbons (Fsp3) is 0. The number of nitrogen functional groups attached to an aromatic ring is 1. The number of hydrogen-bond acceptors (Lipinski definition) is 5. The summed E-state index contributed by atoms with van der Waals surface area (Å²) in [5.41, 5.74) is 7.85. The largest absolute Gasteiger partial charge is 0.463 e. The molecule has 6 heteroatoms. The maximum atomic E-state index is 6.10. The van der Waals surface area contributed by atoms with Crippen molar-refractivity contribution in [3.05, 3.63) is 47.0 Å². The molecule has 1 aromatic carbocycles. The van der Waals surface area contributed by atoms with E-state index in [-0.39, 0.29) is 0 Å². The minimum atomic E-state index is 0.565. The Bertz CT molecular complexity index is 694. The second kappa shape index (κ2) is 4.95. The topological polar surface area (TPSA) is 64.1 Å². The van der Waals surface area contributed by atoms with Crippen molar-refractivity contribution in [3.8, 4) is 11.5 Å². The van der Waals surface area contributed by atoms with Crippen LogP contribution < -0.4 is 11.1 Å². The first-order valence-electron chi connectivity index (χ1n) is 5.54. The average molecular weight is 292 g/mol. The molecule has 0 unspecified atom stereocenters. The molecular formula is C13H10ClN3OS. The van der Waals surface area contributed by atoms with Gasteiger partial charge in [-0.25, -0.2) is 4.98 Å². The highest BCUT2D eigenvalue weighted by molar-refractivity contribution is 7.14. The number of furan rings is 1. The van der Waals surface area contributed by atoms with Crippen LogP contribution in [0.2, 0.25) is 5.02 Å². The molecule has 4 nitrogen and oxygen atoms in total. The minimum Gasteiger partial charge on any atom is -0.463 e. The molecule has 0 amide bonds. The van der Waals surface area contributed by atoms with Crippen LogP contribution in [0.3, 0.4) is 0 Å². The number of thiazole rings is 1. The van der Waals surface area contributed by atoms with Crippen LogP contribution in [0.4, 0.5) is 16.5 Å². The third-order valence-electron chi connectivity index (χ3n) is 2.51. The van der Waals surface area contributed by atoms with E-state index in [9.17, 15) is 0 Å². The summed E-state index contributed by atoms with van der Waals surface area (Å²) in [7, 11) is 0. The van der Waals surface area contributed by atoms with Gasteiger partial charge in [-0.15, -0.1) is 11.3 Å². The molecule has 96 valence electrons. The number of nitrogens with zero attached hydrogens (tertiary/aromatic N) is 1. The van der Waals surface area contributed by atoms with E-state index < -0.39 is 0 Å². The van der Waals surface area contributed by atoms with Gasteiger partial charge in [0.25, 0.3) is 0 Å². The fourth-order valence-corrected chi connectivity index (χ4v) is 2.56. The molecule has 0 aliphatic heterocycles. The molecule has 0 bridgehead atoms. The summed E-state index contributed by atoms with van der Waals surface area (Å²) >= 11 is 7.59. The first-order valence-corrected chi connectivity index (χ1v) is 6.79. The molecule has 3 aromatic rings. The van der Waals surface area contributed by atoms with E-state index in [4.69, 9.17) is 21.8 Å². The Balaban J connectivity index is 1.84. The molecule has 3 rings (SSSR count). The van der Waals surface area contributed by atoms with Crippen LogP contribution in [-0.4, -0.2) is 4.98 Å². The lowest BCUT2D eigenvalue weighted by Gasteiger charge is -2.05. The van der Waals surface area contributed by atoms with Crippen LogP contribution in [0.15, 0.2) is 46.4 Å². The number of hydrogen-bond donors (Lipinski definition) is 2. The number of nitrogens with one attached hydrogen (secondary N) is 1. The van der Waals surface area contributed by atoms with Gasteiger partial charge in [-0.2, -0.15) is 0 Å². The van der Waals surface area contributed by atoms with Crippen molar-refractivity contribution in [3.63, 3.8) is 0 Å². The molecule has 0 fully saturated rings. The molecule has 0 spiro atoms. The van der Waals surface area contributed by atoms with Crippen molar-refractivity contribution in [2.45, 2.75) is 0 Å². The van der Waals surface area contributed by atoms with E-state index in [0.717, 1.165) is 22.3 Å². The molecule has 2 aromatic heterocycles. The van der Waals surface area contributed by atoms with Crippen molar-refractivity contribution >= 4 is 39.4 Å². The highest BCUT2D eigenvalue weighted by atomic mass is 35.5. The molecule has 0 saturated heterocycles. The van der Waals surface area contributed by atoms with E-state index in [1.54, 1.807) is 18.4 Å². The SMILES string of the molecule is Nc1ccc(Nc2nc(-c3ccco3)cs2)c(Cl)c1. The van der Waals surface area contributed by atoms with Crippen molar-refractivity contribution in [2.24, 2.45) is 0 Å². The number of halogens is 1. The normalized spacial score (nSPS) is 10.6. The van der Waals surface area contributed by atoms with Crippen molar-refractivity contribution in [1.29, 1.82) is 0 Å². The standard InChI is InChI=1S/C13H10ClN3OS/c14-9-6-8(15)3-4-10(9)16-13-17-11(7-19-13)12-2-1-5-18-12/h1-7H,15H2,(H,16,17). The van der Waals surface area contributed by atoms with Crippen LogP contribution in [0.5, 0.6) is 0 Å². The zero-order valence-electron chi connectivity index (χ0n) is 9.76. The maximum Gasteiger partial charge on any atom is 0.187 e. The molecular weight excluding hydrogens is 282 g/mol. The summed E-state index contributed by atoms with van der Waals surface area (Å²) in [6.07, 6.45) is 1.62. The molecule has 0 radical (unpaired) electrons. The highest BCUT2D eigenvalue weighted by Crippen LogP contribution is 2.31. The van der Waals surface area contributed by atoms with E-state index in [1.807, 2.05) is 23.6 Å². The van der Waals surface area contributed by atoms with Gasteiger partial charge in [0.05, 0.1) is 17.0 Å². The Kier molecular flexibility index (Phi) is 3.15. The first-order chi connectivity index (χ1) is 9.22. The van der Waals surface area contributed by atoms with Gasteiger partial charge in [0.1, 0.15) is 5.69 Å². The average Bonchev–Trinajstić information content (AvgIpc) is 3.03. The van der Waals surface area contributed by atoms with Crippen LogP contribution in [0, 0.1) is 0 Å². The molecule has 2 heterocycles. The lowest BCUT2D eigenvalue weighted by molar-refractivity contribution is 0.580. The Labute approximate surface area is 118 Å². The van der Waals surface area contributed by atoms with Crippen LogP contribution in [-0.2, 0) is 0 Å². The van der Waals surface area contributed by atoms with Gasteiger partial charge in [0.15, 0.2) is 10.9 Å². The third-order valence-corrected chi connectivity index (χ3v) is 3.58. The van der Waals surface area contributed by atoms with Gasteiger partial charge >= 0.3 is 0 Å². The zero-order chi connectivity index (χ0) is 13.2. The van der Waals surface area contributed by atoms with Gasteiger partial charge < -0.3 is 15.5 Å². The number of aromatic nitrogens is 1. The molecule has 0 aliphatic carbocycles. The molecule has 0 atom stereocenters. The number of rotatable bonds is 3. The maximum absolute atomic E-state index is 6.10. The zero-order valence-corrected chi connectivity index (χ0v) is 11.3. The molecule has 3 N–H and O–H groups in total. The van der Waals surface area contributed by atoms with E-state index in [1.165, 1.54) is 11.3 Å². The quantitative estimate of drug-likeness (QED) is 0.703. The molecule has 0 saturated carbocycles. The van der Waals surface area contributed by atoms with Crippen LogP contribution in [0.25, 0.3) is 11.5 Å². The van der Waals surface area contributed by atoms with E-state index in [2.05, 4.69) is 10.3 Å². The summed E-state index contributed by atoms with van der Waals surface area (Å²) in [5.74, 6) is 0.743. The first kappa shape index (κ1) is 12.1. The summed E-state index contributed by atoms with van der Waals surface area (Å²) < 4.78 is 5.30. The van der Waals surface area contributed by atoms with Crippen molar-refractivity contribution < 1.29 is 4.42 Å². The third kappa shape index (κ3) is 2.57. The van der Waals surface area contributed by atoms with Crippen LogP contribution >= 0.6 is 22.9 Å². The second-order valence-corrected chi connectivity index (χ2v) is 5.14. The Morgan fingerprint density at radius 1 is 1.32 bits per heavy atom. The Hall–Kier alpha value is -1.98. The summed E-state index contributed by atoms with van der Waals surface area (Å²) in [4.78, 5) is 4.44. The number of nitrogens with two attached hydrogens (primary N) is 1. The lowest BCUT2D eigenvalue weighted by atomic mass is 10.3. The van der Waals surface area contributed by atoms with Crippen LogP contribution in [0.1, 0.15) is 0 Å². The highest BCUT2D eigenvalue weighted by Gasteiger charge is 2.08.